The van der Waals surface area contributed by atoms with E-state index in [-0.39, 0.29) is 38.6 Å². The highest BCUT2D eigenvalue weighted by atomic mass is 16.6. The van der Waals surface area contributed by atoms with Gasteiger partial charge in [0, 0.05) is 29.2 Å². The predicted octanol–water partition coefficient (Wildman–Crippen LogP) is -3.51. The van der Waals surface area contributed by atoms with Crippen molar-refractivity contribution in [1.29, 1.82) is 0 Å². The zero-order valence-electron chi connectivity index (χ0n) is 33.4. The maximum Gasteiger partial charge on any atom is 0.333 e. The van der Waals surface area contributed by atoms with Crippen molar-refractivity contribution >= 4 is 11.9 Å². The van der Waals surface area contributed by atoms with Gasteiger partial charge >= 0.3 is 11.9 Å². The quantitative estimate of drug-likeness (QED) is 0.0446. The van der Waals surface area contributed by atoms with Crippen LogP contribution < -0.4 is 0 Å². The first kappa shape index (κ1) is 48.7. The molecule has 4 rings (SSSR count). The van der Waals surface area contributed by atoms with Gasteiger partial charge in [-0.15, -0.1) is 0 Å². The number of aliphatic carboxylic acids is 1. The van der Waals surface area contributed by atoms with Crippen LogP contribution in [0, 0.1) is 23.7 Å². The lowest BCUT2D eigenvalue weighted by molar-refractivity contribution is -0.247. The zero-order chi connectivity index (χ0) is 43.0. The lowest BCUT2D eigenvalue weighted by Crippen LogP contribution is -2.60. The summed E-state index contributed by atoms with van der Waals surface area (Å²) < 4.78 is 45.3. The zero-order valence-corrected chi connectivity index (χ0v) is 33.4. The smallest absolute Gasteiger partial charge is 0.333 e. The second kappa shape index (κ2) is 22.2. The van der Waals surface area contributed by atoms with E-state index in [1.165, 1.54) is 6.92 Å². The van der Waals surface area contributed by atoms with Crippen LogP contribution in [0.5, 0.6) is 0 Å². The van der Waals surface area contributed by atoms with Crippen molar-refractivity contribution in [2.45, 2.75) is 138 Å². The lowest BCUT2D eigenvalue weighted by Gasteiger charge is -2.44. The minimum Gasteiger partial charge on any atom is -0.479 e. The van der Waals surface area contributed by atoms with Crippen LogP contribution in [-0.4, -0.2) is 214 Å². The minimum atomic E-state index is -1.68. The Bertz CT molecular complexity index is 1300. The van der Waals surface area contributed by atoms with E-state index in [4.69, 9.17) is 37.9 Å². The van der Waals surface area contributed by atoms with Gasteiger partial charge in [0.05, 0.1) is 95.1 Å². The van der Waals surface area contributed by atoms with Gasteiger partial charge in [-0.2, -0.15) is 0 Å². The summed E-state index contributed by atoms with van der Waals surface area (Å²) in [6.07, 6.45) is -18.2. The molecule has 4 aliphatic rings. The van der Waals surface area contributed by atoms with Crippen molar-refractivity contribution in [1.82, 2.24) is 0 Å². The Labute approximate surface area is 337 Å². The van der Waals surface area contributed by atoms with Gasteiger partial charge in [-0.05, 0) is 26.7 Å². The molecule has 4 fully saturated rings. The van der Waals surface area contributed by atoms with Crippen LogP contribution in [0.15, 0.2) is 12.2 Å². The van der Waals surface area contributed by atoms with E-state index in [1.54, 1.807) is 13.8 Å². The molecule has 0 amide bonds. The molecule has 336 valence electrons. The Kier molecular flexibility index (Phi) is 18.7. The summed E-state index contributed by atoms with van der Waals surface area (Å²) in [7, 11) is 0. The van der Waals surface area contributed by atoms with Gasteiger partial charge in [-0.25, -0.2) is 9.59 Å². The third-order valence-corrected chi connectivity index (χ3v) is 11.8. The molecule has 0 aromatic rings. The molecule has 58 heavy (non-hydrogen) atoms. The Morgan fingerprint density at radius 3 is 1.50 bits per heavy atom. The van der Waals surface area contributed by atoms with Crippen LogP contribution >= 0.6 is 0 Å². The molecule has 0 aliphatic carbocycles. The molecule has 0 saturated carbocycles. The van der Waals surface area contributed by atoms with Crippen molar-refractivity contribution in [3.63, 3.8) is 0 Å². The molecule has 0 aromatic carbocycles. The number of hydrogen-bond acceptors (Lipinski definition) is 19. The Morgan fingerprint density at radius 1 is 0.534 bits per heavy atom. The van der Waals surface area contributed by atoms with Gasteiger partial charge in [-0.3, -0.25) is 0 Å². The summed E-state index contributed by atoms with van der Waals surface area (Å²) in [5.74, 6) is -5.68. The molecule has 20 nitrogen and oxygen atoms in total. The third-order valence-electron chi connectivity index (χ3n) is 11.8. The van der Waals surface area contributed by atoms with Crippen LogP contribution in [-0.2, 0) is 47.5 Å². The average Bonchev–Trinajstić information content (AvgIpc) is 3.19. The fourth-order valence-electron chi connectivity index (χ4n) is 8.13. The highest BCUT2D eigenvalue weighted by molar-refractivity contribution is 5.86. The summed E-state index contributed by atoms with van der Waals surface area (Å²) in [5, 5.41) is 106. The van der Waals surface area contributed by atoms with E-state index in [2.05, 4.69) is 6.58 Å². The van der Waals surface area contributed by atoms with Crippen LogP contribution in [0.25, 0.3) is 0 Å². The number of ether oxygens (including phenoxy) is 8. The van der Waals surface area contributed by atoms with Gasteiger partial charge in [-0.1, -0.05) is 20.4 Å². The second-order valence-electron chi connectivity index (χ2n) is 15.8. The maximum absolute atomic E-state index is 12.3. The molecular formula is C38H64O20. The van der Waals surface area contributed by atoms with Crippen molar-refractivity contribution in [2.24, 2.45) is 23.7 Å². The SMILES string of the molecule is C=C(C)C(=O)OCC1O[C@@H](COC[C@@H]2C(C(=O)O)O[C@@H](COC[C@@H]3C(CO)O[C@@H](COC[C@H]4C(C)O[C@@H](CC)C(O)C4O)C(O)C3O)C(O)C2O)C(O)C(CC)[C@@H]1O. The summed E-state index contributed by atoms with van der Waals surface area (Å²) in [6.45, 7) is 7.55. The van der Waals surface area contributed by atoms with Crippen molar-refractivity contribution < 1.29 is 98.5 Å². The molecule has 4 heterocycles. The molecule has 0 aromatic heterocycles. The Morgan fingerprint density at radius 2 is 0.983 bits per heavy atom. The van der Waals surface area contributed by atoms with Crippen molar-refractivity contribution in [2.75, 3.05) is 52.9 Å². The first-order chi connectivity index (χ1) is 27.5. The molecule has 20 atom stereocenters. The number of carboxylic acids is 1. The van der Waals surface area contributed by atoms with Gasteiger partial charge < -0.3 is 89.0 Å². The van der Waals surface area contributed by atoms with E-state index < -0.39 is 153 Å². The molecule has 0 radical (unpaired) electrons. The summed E-state index contributed by atoms with van der Waals surface area (Å²) in [4.78, 5) is 24.2. The van der Waals surface area contributed by atoms with Gasteiger partial charge in [0.15, 0.2) is 6.10 Å². The lowest BCUT2D eigenvalue weighted by atomic mass is 9.84. The van der Waals surface area contributed by atoms with Gasteiger partial charge in [0.2, 0.25) is 0 Å². The Hall–Kier alpha value is -1.96. The molecule has 0 spiro atoms. The van der Waals surface area contributed by atoms with E-state index in [1.807, 2.05) is 6.92 Å². The summed E-state index contributed by atoms with van der Waals surface area (Å²) in [5.41, 5.74) is 0.145. The van der Waals surface area contributed by atoms with Crippen LogP contribution in [0.4, 0.5) is 0 Å². The van der Waals surface area contributed by atoms with Gasteiger partial charge in [0.1, 0.15) is 49.3 Å². The fraction of sp³-hybridized carbons (Fsp3) is 0.895. The highest BCUT2D eigenvalue weighted by Gasteiger charge is 2.50. The number of esters is 1. The Balaban J connectivity index is 1.27. The first-order valence-electron chi connectivity index (χ1n) is 19.9. The molecule has 4 aliphatic heterocycles. The molecule has 12 unspecified atom stereocenters. The topological polar surface area (TPSA) is 310 Å². The van der Waals surface area contributed by atoms with E-state index in [0.717, 1.165) is 0 Å². The standard InChI is InChI=1S/C38H64O20/c1-6-18-28(40)24(57-27(29(18)41)15-54-38(50)16(3)4)12-53-11-21-32(44)35(47)26(58-36(21)37(48)49)14-52-10-20-23(8-39)56-25(34(46)31(20)43)13-51-9-19-17(5)55-22(7-2)33(45)30(19)42/h17-36,39-47H,3,6-15H2,1-2,4-5H3,(H,48,49)/t17?,18?,19-,20+,21-,22-,23?,24-,25-,26-,27?,28?,29-,30?,31?,32?,33?,34?,35?,36?/m0/s1. The van der Waals surface area contributed by atoms with E-state index >= 15 is 0 Å². The number of aliphatic hydroxyl groups excluding tert-OH is 9. The molecule has 20 heteroatoms. The average molecular weight is 841 g/mol. The molecular weight excluding hydrogens is 776 g/mol. The predicted molar refractivity (Wildman–Crippen MR) is 196 cm³/mol. The minimum absolute atomic E-state index is 0.0477. The third kappa shape index (κ3) is 11.5. The fourth-order valence-corrected chi connectivity index (χ4v) is 8.13. The van der Waals surface area contributed by atoms with Crippen molar-refractivity contribution in [3.8, 4) is 0 Å². The van der Waals surface area contributed by atoms with Gasteiger partial charge in [0.25, 0.3) is 0 Å². The van der Waals surface area contributed by atoms with Crippen LogP contribution in [0.3, 0.4) is 0 Å². The number of carbonyl (C=O) groups is 2. The van der Waals surface area contributed by atoms with Crippen molar-refractivity contribution in [3.05, 3.63) is 12.2 Å². The monoisotopic (exact) mass is 840 g/mol. The van der Waals surface area contributed by atoms with Crippen LogP contribution in [0.2, 0.25) is 0 Å². The number of rotatable bonds is 19. The number of hydrogen-bond donors (Lipinski definition) is 10. The maximum atomic E-state index is 12.3. The molecule has 4 saturated heterocycles. The number of aliphatic hydroxyl groups is 9. The number of carboxylic acid groups (broad SMARTS) is 1. The summed E-state index contributed by atoms with van der Waals surface area (Å²) in [6, 6.07) is 0. The second-order valence-corrected chi connectivity index (χ2v) is 15.8. The number of carbonyl (C=O) groups excluding carboxylic acids is 1. The van der Waals surface area contributed by atoms with Crippen LogP contribution in [0.1, 0.15) is 40.5 Å². The molecule has 10 N–H and O–H groups in total. The summed E-state index contributed by atoms with van der Waals surface area (Å²) >= 11 is 0. The first-order valence-corrected chi connectivity index (χ1v) is 19.9. The van der Waals surface area contributed by atoms with E-state index in [9.17, 15) is 60.7 Å². The largest absolute Gasteiger partial charge is 0.479 e. The highest BCUT2D eigenvalue weighted by Crippen LogP contribution is 2.33. The molecule has 0 bridgehead atoms. The van der Waals surface area contributed by atoms with E-state index in [0.29, 0.717) is 12.8 Å². The normalized spacial score (nSPS) is 43.5.